The molecule has 3 aromatic heterocycles. The Balaban J connectivity index is 1.11. The summed E-state index contributed by atoms with van der Waals surface area (Å²) < 4.78 is 91.2. The van der Waals surface area contributed by atoms with Crippen LogP contribution in [-0.4, -0.2) is 61.0 Å². The van der Waals surface area contributed by atoms with Crippen molar-refractivity contribution in [3.8, 4) is 11.5 Å². The minimum absolute atomic E-state index is 0.105. The molecule has 0 bridgehead atoms. The van der Waals surface area contributed by atoms with Crippen LogP contribution in [0.15, 0.2) is 53.6 Å². The van der Waals surface area contributed by atoms with Crippen LogP contribution in [0.5, 0.6) is 11.5 Å². The van der Waals surface area contributed by atoms with E-state index in [1.165, 1.54) is 0 Å². The number of ether oxygens (including phenoxy) is 2. The number of aromatic nitrogens is 3. The number of amides is 1. The van der Waals surface area contributed by atoms with E-state index in [0.29, 0.717) is 59.2 Å². The van der Waals surface area contributed by atoms with E-state index in [2.05, 4.69) is 15.3 Å². The highest BCUT2D eigenvalue weighted by molar-refractivity contribution is 7.92. The molecule has 5 heterocycles. The number of benzene rings is 1. The maximum absolute atomic E-state index is 14.7. The van der Waals surface area contributed by atoms with Crippen LogP contribution in [0.1, 0.15) is 40.5 Å². The van der Waals surface area contributed by atoms with Gasteiger partial charge in [-0.15, -0.1) is 0 Å². The van der Waals surface area contributed by atoms with Crippen LogP contribution >= 0.6 is 0 Å². The minimum atomic E-state index is -4.55. The van der Waals surface area contributed by atoms with Gasteiger partial charge in [-0.2, -0.15) is 0 Å². The zero-order valence-electron chi connectivity index (χ0n) is 23.4. The number of hydrogen-bond acceptors (Lipinski definition) is 9. The third-order valence-corrected chi connectivity index (χ3v) is 9.89. The molecule has 1 amide bonds. The highest BCUT2D eigenvalue weighted by Gasteiger charge is 2.46. The Kier molecular flexibility index (Phi) is 7.22. The van der Waals surface area contributed by atoms with Crippen LogP contribution in [0.2, 0.25) is 0 Å². The average molecular weight is 644 g/mol. The molecule has 1 N–H and O–H groups in total. The van der Waals surface area contributed by atoms with E-state index in [0.717, 1.165) is 12.1 Å². The van der Waals surface area contributed by atoms with E-state index < -0.39 is 56.5 Å². The van der Waals surface area contributed by atoms with Crippen molar-refractivity contribution in [2.75, 3.05) is 24.7 Å². The van der Waals surface area contributed by atoms with Gasteiger partial charge in [0.1, 0.15) is 17.3 Å². The van der Waals surface area contributed by atoms with Crippen molar-refractivity contribution in [2.24, 2.45) is 5.92 Å². The molecule has 10 nitrogen and oxygen atoms in total. The number of fused-ring (bicyclic) bond motifs is 3. The SMILES string of the molecule is O=C(NCc1cc2nc(N3CCOc4ccc([C@@H]5C[C@H]5C(F)F)nc43)ccc2cn1)c1cc(F)c2c(c1)S(=O)(=O)[C@@H](F)CCO2. The summed E-state index contributed by atoms with van der Waals surface area (Å²) in [5.41, 5.74) is -1.07. The number of rotatable bonds is 6. The number of halogens is 4. The monoisotopic (exact) mass is 643 g/mol. The number of anilines is 2. The molecule has 0 unspecified atom stereocenters. The number of alkyl halides is 3. The van der Waals surface area contributed by atoms with Crippen LogP contribution in [0, 0.1) is 11.7 Å². The second kappa shape index (κ2) is 11.1. The van der Waals surface area contributed by atoms with E-state index in [-0.39, 0.29) is 24.6 Å². The molecule has 15 heteroatoms. The Morgan fingerprint density at radius 1 is 1.09 bits per heavy atom. The first-order chi connectivity index (χ1) is 21.6. The topological polar surface area (TPSA) is 124 Å². The van der Waals surface area contributed by atoms with E-state index in [1.807, 2.05) is 11.0 Å². The lowest BCUT2D eigenvalue weighted by molar-refractivity contribution is 0.0949. The van der Waals surface area contributed by atoms with E-state index in [4.69, 9.17) is 14.5 Å². The number of carbonyl (C=O) groups is 1. The lowest BCUT2D eigenvalue weighted by Gasteiger charge is -2.29. The van der Waals surface area contributed by atoms with E-state index >= 15 is 0 Å². The molecular formula is C30H25F4N5O5S. The van der Waals surface area contributed by atoms with Gasteiger partial charge in [0, 0.05) is 41.1 Å². The third-order valence-electron chi connectivity index (χ3n) is 8.06. The Morgan fingerprint density at radius 2 is 1.93 bits per heavy atom. The Labute approximate surface area is 254 Å². The largest absolute Gasteiger partial charge is 0.489 e. The van der Waals surface area contributed by atoms with Gasteiger partial charge in [0.25, 0.3) is 5.91 Å². The Bertz CT molecular complexity index is 1950. The van der Waals surface area contributed by atoms with Crippen molar-refractivity contribution in [1.82, 2.24) is 20.3 Å². The van der Waals surface area contributed by atoms with Crippen LogP contribution < -0.4 is 19.7 Å². The van der Waals surface area contributed by atoms with Crippen molar-refractivity contribution >= 4 is 38.3 Å². The van der Waals surface area contributed by atoms with Crippen molar-refractivity contribution in [3.05, 3.63) is 71.4 Å². The van der Waals surface area contributed by atoms with E-state index in [1.54, 1.807) is 30.5 Å². The third kappa shape index (κ3) is 5.38. The van der Waals surface area contributed by atoms with Gasteiger partial charge in [0.05, 0.1) is 30.9 Å². The number of nitrogens with zero attached hydrogens (tertiary/aromatic N) is 4. The van der Waals surface area contributed by atoms with Crippen LogP contribution in [0.3, 0.4) is 0 Å². The van der Waals surface area contributed by atoms with Gasteiger partial charge in [-0.05, 0) is 48.9 Å². The van der Waals surface area contributed by atoms with E-state index in [9.17, 15) is 30.8 Å². The second-order valence-electron chi connectivity index (χ2n) is 11.0. The maximum atomic E-state index is 14.7. The molecule has 1 aromatic carbocycles. The maximum Gasteiger partial charge on any atom is 0.251 e. The molecular weight excluding hydrogens is 618 g/mol. The fraction of sp³-hybridized carbons (Fsp3) is 0.333. The average Bonchev–Trinajstić information content (AvgIpc) is 3.85. The Hall–Kier alpha value is -4.53. The fourth-order valence-electron chi connectivity index (χ4n) is 5.54. The highest BCUT2D eigenvalue weighted by Crippen LogP contribution is 2.51. The molecule has 0 radical (unpaired) electrons. The molecule has 4 aromatic rings. The second-order valence-corrected chi connectivity index (χ2v) is 13.0. The summed E-state index contributed by atoms with van der Waals surface area (Å²) in [7, 11) is -4.55. The standard InChI is InChI=1S/C30H25F4N5O5S/c31-20-9-16(10-24-27(20)44-7-5-25(32)45(24,41)42)30(40)36-14-17-11-22-15(13-35-17)1-4-26(37-22)39-6-8-43-23-3-2-21(38-29(23)39)18-12-19(18)28(33)34/h1-4,9-11,13,18-19,25,28H,5-8,12,14H2,(H,36,40)/t18-,19-,25-/m1/s1. The van der Waals surface area contributed by atoms with Crippen LogP contribution in [-0.2, 0) is 16.4 Å². The van der Waals surface area contributed by atoms with Crippen LogP contribution in [0.25, 0.3) is 10.9 Å². The summed E-state index contributed by atoms with van der Waals surface area (Å²) in [4.78, 5) is 27.8. The van der Waals surface area contributed by atoms with Gasteiger partial charge in [0.15, 0.2) is 23.1 Å². The molecule has 1 saturated carbocycles. The lowest BCUT2D eigenvalue weighted by Crippen LogP contribution is -2.30. The van der Waals surface area contributed by atoms with Gasteiger partial charge in [0.2, 0.25) is 21.8 Å². The number of carbonyl (C=O) groups excluding carboxylic acids is 1. The molecule has 0 saturated heterocycles. The number of nitrogens with one attached hydrogen (secondary N) is 1. The molecule has 0 spiro atoms. The molecule has 1 aliphatic carbocycles. The lowest BCUT2D eigenvalue weighted by atomic mass is 10.2. The minimum Gasteiger partial charge on any atom is -0.489 e. The smallest absolute Gasteiger partial charge is 0.251 e. The fourth-order valence-corrected chi connectivity index (χ4v) is 6.92. The molecule has 2 aliphatic heterocycles. The summed E-state index contributed by atoms with van der Waals surface area (Å²) in [6.45, 7) is 0.372. The van der Waals surface area contributed by atoms with Crippen molar-refractivity contribution < 1.29 is 40.2 Å². The molecule has 45 heavy (non-hydrogen) atoms. The van der Waals surface area contributed by atoms with Gasteiger partial charge in [-0.25, -0.2) is 35.9 Å². The quantitative estimate of drug-likeness (QED) is 0.294. The van der Waals surface area contributed by atoms with Gasteiger partial charge < -0.3 is 19.7 Å². The zero-order valence-corrected chi connectivity index (χ0v) is 24.2. The molecule has 3 aliphatic rings. The summed E-state index contributed by atoms with van der Waals surface area (Å²) in [5, 5.41) is 3.29. The summed E-state index contributed by atoms with van der Waals surface area (Å²) in [6, 6.07) is 10.5. The van der Waals surface area contributed by atoms with Crippen LogP contribution in [0.4, 0.5) is 29.2 Å². The number of sulfone groups is 1. The van der Waals surface area contributed by atoms with Crippen molar-refractivity contribution in [3.63, 3.8) is 0 Å². The number of pyridine rings is 3. The van der Waals surface area contributed by atoms with Gasteiger partial charge in [-0.1, -0.05) is 0 Å². The predicted octanol–water partition coefficient (Wildman–Crippen LogP) is 4.84. The molecule has 7 rings (SSSR count). The van der Waals surface area contributed by atoms with Crippen molar-refractivity contribution in [2.45, 2.75) is 42.1 Å². The molecule has 234 valence electrons. The summed E-state index contributed by atoms with van der Waals surface area (Å²) in [6.07, 6.45) is -0.896. The molecule has 3 atom stereocenters. The first kappa shape index (κ1) is 29.2. The summed E-state index contributed by atoms with van der Waals surface area (Å²) >= 11 is 0. The molecule has 1 fully saturated rings. The normalized spacial score (nSPS) is 21.7. The first-order valence-electron chi connectivity index (χ1n) is 14.2. The number of hydrogen-bond donors (Lipinski definition) is 1. The van der Waals surface area contributed by atoms with Gasteiger partial charge in [-0.3, -0.25) is 9.78 Å². The Morgan fingerprint density at radius 3 is 2.73 bits per heavy atom. The first-order valence-corrected chi connectivity index (χ1v) is 15.7. The highest BCUT2D eigenvalue weighted by atomic mass is 32.2. The summed E-state index contributed by atoms with van der Waals surface area (Å²) in [5.74, 6) is -1.92. The predicted molar refractivity (Wildman–Crippen MR) is 153 cm³/mol. The zero-order chi connectivity index (χ0) is 31.5. The van der Waals surface area contributed by atoms with Crippen molar-refractivity contribution in [1.29, 1.82) is 0 Å². The van der Waals surface area contributed by atoms with Gasteiger partial charge >= 0.3 is 0 Å².